The summed E-state index contributed by atoms with van der Waals surface area (Å²) in [5.74, 6) is -1.43. The number of aryl methyl sites for hydroxylation is 1. The first kappa shape index (κ1) is 18.2. The number of ether oxygens (including phenoxy) is 1. The Morgan fingerprint density at radius 1 is 1.12 bits per heavy atom. The van der Waals surface area contributed by atoms with Crippen molar-refractivity contribution in [3.63, 3.8) is 0 Å². The molecule has 0 radical (unpaired) electrons. The molecule has 1 fully saturated rings. The Hall–Kier alpha value is -1.63. The van der Waals surface area contributed by atoms with Crippen LogP contribution in [0.5, 0.6) is 0 Å². The van der Waals surface area contributed by atoms with E-state index in [9.17, 15) is 9.59 Å². The fourth-order valence-electron chi connectivity index (χ4n) is 3.10. The fourth-order valence-corrected chi connectivity index (χ4v) is 4.16. The van der Waals surface area contributed by atoms with E-state index in [2.05, 4.69) is 9.97 Å². The van der Waals surface area contributed by atoms with Crippen molar-refractivity contribution < 1.29 is 14.3 Å². The molecule has 132 valence electrons. The average molecular weight is 379 g/mol. The molecule has 0 N–H and O–H groups in total. The van der Waals surface area contributed by atoms with Gasteiger partial charge in [0, 0.05) is 16.6 Å². The van der Waals surface area contributed by atoms with E-state index in [0.29, 0.717) is 15.9 Å². The summed E-state index contributed by atoms with van der Waals surface area (Å²) < 4.78 is 5.73. The molecular formula is C18H19ClN2O3S. The second-order valence-electron chi connectivity index (χ2n) is 7.11. The molecule has 3 heterocycles. The second-order valence-corrected chi connectivity index (χ2v) is 8.70. The van der Waals surface area contributed by atoms with Gasteiger partial charge in [0.05, 0.1) is 5.69 Å². The van der Waals surface area contributed by atoms with Gasteiger partial charge in [0.2, 0.25) is 0 Å². The summed E-state index contributed by atoms with van der Waals surface area (Å²) in [7, 11) is 0. The molecule has 5 nitrogen and oxygen atoms in total. The second kappa shape index (κ2) is 5.97. The molecule has 0 amide bonds. The predicted octanol–water partition coefficient (Wildman–Crippen LogP) is 3.98. The van der Waals surface area contributed by atoms with E-state index in [1.165, 1.54) is 11.3 Å². The minimum Gasteiger partial charge on any atom is -0.354 e. The minimum absolute atomic E-state index is 0.258. The summed E-state index contributed by atoms with van der Waals surface area (Å²) in [5.41, 5.74) is -0.774. The summed E-state index contributed by atoms with van der Waals surface area (Å²) in [6.07, 6.45) is 1.63. The Morgan fingerprint density at radius 2 is 1.72 bits per heavy atom. The number of rotatable bonds is 2. The maximum absolute atomic E-state index is 12.9. The van der Waals surface area contributed by atoms with E-state index in [0.717, 1.165) is 10.4 Å². The maximum atomic E-state index is 12.9. The number of ketones is 2. The van der Waals surface area contributed by atoms with Gasteiger partial charge in [-0.3, -0.25) is 9.59 Å². The van der Waals surface area contributed by atoms with Gasteiger partial charge < -0.3 is 4.74 Å². The molecule has 2 aromatic heterocycles. The largest absolute Gasteiger partial charge is 0.354 e. The quantitative estimate of drug-likeness (QED) is 0.584. The van der Waals surface area contributed by atoms with Crippen LogP contribution < -0.4 is 0 Å². The number of carbonyl (C=O) groups excluding carboxylic acids is 2. The molecule has 1 saturated heterocycles. The highest BCUT2D eigenvalue weighted by Crippen LogP contribution is 2.41. The first-order valence-electron chi connectivity index (χ1n) is 7.91. The van der Waals surface area contributed by atoms with Crippen LogP contribution in [-0.2, 0) is 14.3 Å². The molecule has 0 bridgehead atoms. The highest BCUT2D eigenvalue weighted by molar-refractivity contribution is 7.15. The molecule has 0 spiro atoms. The van der Waals surface area contributed by atoms with Gasteiger partial charge in [-0.1, -0.05) is 11.6 Å². The number of Topliss-reactive ketones (excluding diaryl/α,β-unsaturated/α-hetero) is 2. The molecule has 1 aliphatic rings. The van der Waals surface area contributed by atoms with Gasteiger partial charge in [0.1, 0.15) is 27.3 Å². The third-order valence-corrected chi connectivity index (χ3v) is 5.56. The highest BCUT2D eigenvalue weighted by atomic mass is 35.5. The molecule has 25 heavy (non-hydrogen) atoms. The maximum Gasteiger partial charge on any atom is 0.180 e. The Bertz CT molecular complexity index is 830. The third kappa shape index (κ3) is 3.14. The highest BCUT2D eigenvalue weighted by Gasteiger charge is 2.54. The van der Waals surface area contributed by atoms with Gasteiger partial charge in [0.25, 0.3) is 0 Å². The standard InChI is InChI=1S/C18H19ClN2O3S/c1-9-13(21-16(25-9)10-6-7-11(19)20-8-10)12-14(22)17(2,3)24-18(4,5)15(12)23/h6-8,12H,1-5H3. The minimum atomic E-state index is -1.04. The molecule has 0 saturated carbocycles. The predicted molar refractivity (Wildman–Crippen MR) is 97.1 cm³/mol. The van der Waals surface area contributed by atoms with Crippen molar-refractivity contribution in [2.45, 2.75) is 51.7 Å². The Kier molecular flexibility index (Phi) is 4.34. The summed E-state index contributed by atoms with van der Waals surface area (Å²) >= 11 is 7.26. The van der Waals surface area contributed by atoms with Crippen LogP contribution in [0.25, 0.3) is 10.6 Å². The van der Waals surface area contributed by atoms with Crippen LogP contribution >= 0.6 is 22.9 Å². The van der Waals surface area contributed by atoms with Crippen LogP contribution in [0.3, 0.4) is 0 Å². The average Bonchev–Trinajstić information content (AvgIpc) is 2.88. The van der Waals surface area contributed by atoms with E-state index in [1.54, 1.807) is 40.0 Å². The lowest BCUT2D eigenvalue weighted by Crippen LogP contribution is -2.58. The Morgan fingerprint density at radius 3 is 2.24 bits per heavy atom. The third-order valence-electron chi connectivity index (χ3n) is 4.30. The van der Waals surface area contributed by atoms with Gasteiger partial charge in [-0.25, -0.2) is 9.97 Å². The SMILES string of the molecule is Cc1sc(-c2ccc(Cl)nc2)nc1C1C(=O)C(C)(C)OC(C)(C)C1=O. The lowest BCUT2D eigenvalue weighted by atomic mass is 9.76. The van der Waals surface area contributed by atoms with Gasteiger partial charge in [-0.2, -0.15) is 0 Å². The Labute approximate surface area is 155 Å². The van der Waals surface area contributed by atoms with Gasteiger partial charge in [-0.05, 0) is 46.8 Å². The fraction of sp³-hybridized carbons (Fsp3) is 0.444. The van der Waals surface area contributed by atoms with Crippen LogP contribution in [-0.4, -0.2) is 32.7 Å². The van der Waals surface area contributed by atoms with Gasteiger partial charge in [0.15, 0.2) is 11.6 Å². The monoisotopic (exact) mass is 378 g/mol. The zero-order valence-electron chi connectivity index (χ0n) is 14.7. The lowest BCUT2D eigenvalue weighted by molar-refractivity contribution is -0.184. The smallest absolute Gasteiger partial charge is 0.180 e. The molecule has 2 aromatic rings. The molecule has 0 unspecified atom stereocenters. The number of hydrogen-bond acceptors (Lipinski definition) is 6. The van der Waals surface area contributed by atoms with Crippen LogP contribution in [0.4, 0.5) is 0 Å². The summed E-state index contributed by atoms with van der Waals surface area (Å²) in [5, 5.41) is 1.11. The van der Waals surface area contributed by atoms with Crippen molar-refractivity contribution in [3.05, 3.63) is 34.1 Å². The van der Waals surface area contributed by atoms with Crippen molar-refractivity contribution in [2.24, 2.45) is 0 Å². The van der Waals surface area contributed by atoms with Crippen molar-refractivity contribution in [3.8, 4) is 10.6 Å². The molecule has 0 atom stereocenters. The number of halogens is 1. The van der Waals surface area contributed by atoms with E-state index < -0.39 is 17.1 Å². The first-order valence-corrected chi connectivity index (χ1v) is 9.10. The van der Waals surface area contributed by atoms with Crippen LogP contribution in [0.15, 0.2) is 18.3 Å². The van der Waals surface area contributed by atoms with Crippen LogP contribution in [0.2, 0.25) is 5.15 Å². The normalized spacial score (nSPS) is 20.1. The summed E-state index contributed by atoms with van der Waals surface area (Å²) in [6.45, 7) is 8.66. The van der Waals surface area contributed by atoms with E-state index >= 15 is 0 Å². The lowest BCUT2D eigenvalue weighted by Gasteiger charge is -2.42. The zero-order chi connectivity index (χ0) is 18.6. The molecule has 7 heteroatoms. The topological polar surface area (TPSA) is 69.2 Å². The van der Waals surface area contributed by atoms with Crippen molar-refractivity contribution >= 4 is 34.5 Å². The van der Waals surface area contributed by atoms with Crippen molar-refractivity contribution in [2.75, 3.05) is 0 Å². The van der Waals surface area contributed by atoms with Crippen LogP contribution in [0, 0.1) is 6.92 Å². The summed E-state index contributed by atoms with van der Waals surface area (Å²) in [4.78, 5) is 35.3. The van der Waals surface area contributed by atoms with Crippen LogP contribution in [0.1, 0.15) is 44.2 Å². The summed E-state index contributed by atoms with van der Waals surface area (Å²) in [6, 6.07) is 3.50. The molecule has 0 aliphatic carbocycles. The van der Waals surface area contributed by atoms with E-state index in [1.807, 2.05) is 13.0 Å². The number of aromatic nitrogens is 2. The number of thiazole rings is 1. The number of nitrogens with zero attached hydrogens (tertiary/aromatic N) is 2. The van der Waals surface area contributed by atoms with Gasteiger partial charge >= 0.3 is 0 Å². The van der Waals surface area contributed by atoms with E-state index in [-0.39, 0.29) is 11.6 Å². The van der Waals surface area contributed by atoms with Gasteiger partial charge in [-0.15, -0.1) is 11.3 Å². The first-order chi connectivity index (χ1) is 11.5. The molecule has 1 aliphatic heterocycles. The number of carbonyl (C=O) groups is 2. The molecule has 3 rings (SSSR count). The van der Waals surface area contributed by atoms with E-state index in [4.69, 9.17) is 16.3 Å². The number of hydrogen-bond donors (Lipinski definition) is 0. The Balaban J connectivity index is 2.07. The number of pyridine rings is 1. The zero-order valence-corrected chi connectivity index (χ0v) is 16.3. The van der Waals surface area contributed by atoms with Crippen molar-refractivity contribution in [1.29, 1.82) is 0 Å². The molecule has 0 aromatic carbocycles. The van der Waals surface area contributed by atoms with Crippen molar-refractivity contribution in [1.82, 2.24) is 9.97 Å². The molecular weight excluding hydrogens is 360 g/mol.